The Bertz CT molecular complexity index is 1760. The molecule has 9 rings (SSSR count). The van der Waals surface area contributed by atoms with Crippen molar-refractivity contribution in [2.24, 2.45) is 28.3 Å². The molecule has 0 amide bonds. The van der Waals surface area contributed by atoms with Crippen molar-refractivity contribution < 1.29 is 37.8 Å². The van der Waals surface area contributed by atoms with E-state index in [4.69, 9.17) is 20.9 Å². The van der Waals surface area contributed by atoms with E-state index in [1.54, 1.807) is 36.4 Å². The number of aliphatic hydroxyl groups is 2. The largest absolute Gasteiger partial charge is 0.508 e. The Morgan fingerprint density at radius 2 is 1.63 bits per heavy atom. The predicted molar refractivity (Wildman–Crippen MR) is 185 cm³/mol. The van der Waals surface area contributed by atoms with E-state index in [2.05, 4.69) is 4.99 Å². The maximum atomic E-state index is 13.4. The average molecular weight is 692 g/mol. The number of hydrogen-bond donors (Lipinski definition) is 6. The third-order valence-electron chi connectivity index (χ3n) is 10.2. The van der Waals surface area contributed by atoms with Crippen LogP contribution in [0.4, 0.5) is 0 Å². The molecule has 6 bridgehead atoms. The minimum Gasteiger partial charge on any atom is -0.508 e. The van der Waals surface area contributed by atoms with Gasteiger partial charge in [0.15, 0.2) is 5.96 Å². The van der Waals surface area contributed by atoms with Gasteiger partial charge in [-0.3, -0.25) is 4.55 Å². The van der Waals surface area contributed by atoms with Crippen LogP contribution in [0.2, 0.25) is 0 Å². The van der Waals surface area contributed by atoms with E-state index in [-0.39, 0.29) is 55.7 Å². The molecule has 0 saturated carbocycles. The van der Waals surface area contributed by atoms with E-state index >= 15 is 0 Å². The summed E-state index contributed by atoms with van der Waals surface area (Å²) in [5.41, 5.74) is 14.7. The standard InChI is InChI=1S/C37H45N3O8S/c38-36(39)40-37(17-1-18-41)28-9-5-24(6-10-28)34-26-20-27(35(47-31(21-26)16-19-42)25-7-11-29(43)12-8-25)22-32(34)33(49(44,45)46)15-4-23-2-13-30(48-37)14-3-23/h2-3,5-14,22,26,31-35,41-43H,1,4,15-21H2,(H4,38,39,40)(H,44,45,46)/t26-,31+,32+,33+,34+,35-,37-/m0/s1. The summed E-state index contributed by atoms with van der Waals surface area (Å²) in [6.45, 7) is -0.171. The predicted octanol–water partition coefficient (Wildman–Crippen LogP) is 4.43. The van der Waals surface area contributed by atoms with Crippen LogP contribution < -0.4 is 16.2 Å². The Balaban J connectivity index is 1.54. The Morgan fingerprint density at radius 1 is 0.939 bits per heavy atom. The van der Waals surface area contributed by atoms with E-state index in [0.717, 1.165) is 22.3 Å². The number of fused-ring (bicyclic) bond motifs is 2. The van der Waals surface area contributed by atoms with Gasteiger partial charge in [0.05, 0.1) is 11.4 Å². The minimum atomic E-state index is -4.53. The first-order valence-corrected chi connectivity index (χ1v) is 18.3. The van der Waals surface area contributed by atoms with Gasteiger partial charge in [0.25, 0.3) is 10.1 Å². The molecule has 49 heavy (non-hydrogen) atoms. The number of guanidine groups is 1. The molecule has 0 unspecified atom stereocenters. The van der Waals surface area contributed by atoms with Gasteiger partial charge in [0.2, 0.25) is 5.72 Å². The fraction of sp³-hybridized carbons (Fsp3) is 0.432. The monoisotopic (exact) mass is 691 g/mol. The molecule has 1 fully saturated rings. The van der Waals surface area contributed by atoms with Crippen molar-refractivity contribution >= 4 is 16.1 Å². The summed E-state index contributed by atoms with van der Waals surface area (Å²) < 4.78 is 50.8. The van der Waals surface area contributed by atoms with Crippen LogP contribution in [0.5, 0.6) is 11.5 Å². The number of aryl methyl sites for hydroxylation is 1. The molecule has 5 heterocycles. The number of hydrogen-bond acceptors (Lipinski definition) is 8. The molecular formula is C37H45N3O8S. The molecule has 0 spiro atoms. The Kier molecular flexibility index (Phi) is 10.3. The number of allylic oxidation sites excluding steroid dienone is 1. The van der Waals surface area contributed by atoms with Crippen molar-refractivity contribution in [2.45, 2.75) is 74.0 Å². The number of benzene rings is 3. The minimum absolute atomic E-state index is 0.0749. The fourth-order valence-electron chi connectivity index (χ4n) is 8.02. The number of ether oxygens (including phenoxy) is 2. The third kappa shape index (κ3) is 7.63. The van der Waals surface area contributed by atoms with Gasteiger partial charge in [-0.25, -0.2) is 4.99 Å². The van der Waals surface area contributed by atoms with Crippen LogP contribution in [0.15, 0.2) is 89.4 Å². The molecule has 1 aliphatic carbocycles. The van der Waals surface area contributed by atoms with Gasteiger partial charge < -0.3 is 36.3 Å². The van der Waals surface area contributed by atoms with Crippen molar-refractivity contribution in [2.75, 3.05) is 13.2 Å². The van der Waals surface area contributed by atoms with Crippen LogP contribution in [0.1, 0.15) is 72.8 Å². The summed E-state index contributed by atoms with van der Waals surface area (Å²) in [7, 11) is -4.53. The highest BCUT2D eigenvalue weighted by Crippen LogP contribution is 2.52. The van der Waals surface area contributed by atoms with Gasteiger partial charge in [0.1, 0.15) is 17.6 Å². The van der Waals surface area contributed by atoms with Crippen LogP contribution in [0, 0.1) is 11.8 Å². The summed E-state index contributed by atoms with van der Waals surface area (Å²) in [6, 6.07) is 21.7. The molecule has 12 heteroatoms. The molecular weight excluding hydrogens is 646 g/mol. The lowest BCUT2D eigenvalue weighted by Crippen LogP contribution is -2.39. The molecule has 6 aliphatic rings. The lowest BCUT2D eigenvalue weighted by atomic mass is 9.66. The van der Waals surface area contributed by atoms with E-state index in [1.165, 1.54) is 0 Å². The van der Waals surface area contributed by atoms with Crippen LogP contribution >= 0.6 is 0 Å². The maximum Gasteiger partial charge on any atom is 0.268 e. The maximum absolute atomic E-state index is 13.4. The number of phenols is 1. The van der Waals surface area contributed by atoms with E-state index < -0.39 is 33.1 Å². The molecule has 0 radical (unpaired) electrons. The fourth-order valence-corrected chi connectivity index (χ4v) is 9.08. The molecule has 5 aliphatic heterocycles. The lowest BCUT2D eigenvalue weighted by molar-refractivity contribution is -0.00769. The summed E-state index contributed by atoms with van der Waals surface area (Å²) in [5, 5.41) is 28.6. The molecule has 3 aromatic rings. The Morgan fingerprint density at radius 3 is 2.27 bits per heavy atom. The van der Waals surface area contributed by atoms with E-state index in [0.29, 0.717) is 43.4 Å². The highest BCUT2D eigenvalue weighted by Gasteiger charge is 2.47. The van der Waals surface area contributed by atoms with Crippen LogP contribution in [-0.2, 0) is 27.0 Å². The number of phenolic OH excluding ortho intramolecular Hbond substituents is 1. The van der Waals surface area contributed by atoms with Crippen molar-refractivity contribution in [3.8, 4) is 11.5 Å². The van der Waals surface area contributed by atoms with Gasteiger partial charge in [-0.15, -0.1) is 0 Å². The van der Waals surface area contributed by atoms with Crippen LogP contribution in [0.3, 0.4) is 0 Å². The molecule has 11 nitrogen and oxygen atoms in total. The van der Waals surface area contributed by atoms with E-state index in [9.17, 15) is 28.3 Å². The first-order valence-electron chi connectivity index (χ1n) is 16.8. The number of aliphatic imine (C=N–C) groups is 1. The van der Waals surface area contributed by atoms with Gasteiger partial charge >= 0.3 is 0 Å². The second-order valence-electron chi connectivity index (χ2n) is 13.4. The Labute approximate surface area is 287 Å². The molecule has 1 saturated heterocycles. The average Bonchev–Trinajstić information content (AvgIpc) is 3.20. The second-order valence-corrected chi connectivity index (χ2v) is 15.0. The molecule has 3 aromatic carbocycles. The summed E-state index contributed by atoms with van der Waals surface area (Å²) >= 11 is 0. The zero-order chi connectivity index (χ0) is 34.8. The van der Waals surface area contributed by atoms with Gasteiger partial charge in [-0.05, 0) is 96.9 Å². The summed E-state index contributed by atoms with van der Waals surface area (Å²) in [6.07, 6.45) is 3.94. The molecule has 7 atom stereocenters. The number of aromatic hydroxyl groups is 1. The highest BCUT2D eigenvalue weighted by atomic mass is 32.2. The van der Waals surface area contributed by atoms with E-state index in [1.807, 2.05) is 42.5 Å². The zero-order valence-corrected chi connectivity index (χ0v) is 28.1. The van der Waals surface area contributed by atoms with Gasteiger partial charge in [-0.1, -0.05) is 54.6 Å². The number of rotatable bonds is 8. The van der Waals surface area contributed by atoms with Crippen molar-refractivity contribution in [3.63, 3.8) is 0 Å². The first kappa shape index (κ1) is 34.9. The molecule has 0 aromatic heterocycles. The normalized spacial score (nSPS) is 28.3. The van der Waals surface area contributed by atoms with Crippen molar-refractivity contribution in [3.05, 3.63) is 107 Å². The first-order chi connectivity index (χ1) is 23.5. The Hall–Kier alpha value is -3.94. The van der Waals surface area contributed by atoms with Crippen LogP contribution in [-0.4, -0.2) is 58.8 Å². The van der Waals surface area contributed by atoms with Crippen molar-refractivity contribution in [1.82, 2.24) is 0 Å². The van der Waals surface area contributed by atoms with Gasteiger partial charge in [-0.2, -0.15) is 8.42 Å². The number of nitrogens with two attached hydrogens (primary N) is 2. The SMILES string of the molecule is NC(N)=N[C@@]1(CCCO)Oc2ccc(cc2)CC[C@@H](S(=O)(=O)O)[C@H]2C=C3C[C@@H](C[C@@H](CCO)O[C@H]3c3ccc(O)cc3)[C@H]2c2ccc1cc2. The zero-order valence-electron chi connectivity index (χ0n) is 27.3. The highest BCUT2D eigenvalue weighted by molar-refractivity contribution is 7.86. The quantitative estimate of drug-likeness (QED) is 0.0851. The van der Waals surface area contributed by atoms with Gasteiger partial charge in [0, 0.05) is 31.1 Å². The second kappa shape index (κ2) is 14.5. The molecule has 262 valence electrons. The number of aliphatic hydroxyl groups excluding tert-OH is 2. The third-order valence-corrected chi connectivity index (χ3v) is 11.5. The van der Waals surface area contributed by atoms with Crippen molar-refractivity contribution in [1.29, 1.82) is 0 Å². The summed E-state index contributed by atoms with van der Waals surface area (Å²) in [4.78, 5) is 4.56. The smallest absolute Gasteiger partial charge is 0.268 e. The number of nitrogens with zero attached hydrogens (tertiary/aromatic N) is 1. The lowest BCUT2D eigenvalue weighted by Gasteiger charge is -2.40. The van der Waals surface area contributed by atoms with Crippen LogP contribution in [0.25, 0.3) is 0 Å². The molecule has 8 N–H and O–H groups in total. The summed E-state index contributed by atoms with van der Waals surface area (Å²) in [5.74, 6) is -0.569. The topological polar surface area (TPSA) is 198 Å².